The number of hydrogen-bond acceptors (Lipinski definition) is 6. The van der Waals surface area contributed by atoms with Crippen molar-refractivity contribution in [3.8, 4) is 11.1 Å². The molecule has 39 heavy (non-hydrogen) atoms. The van der Waals surface area contributed by atoms with Crippen molar-refractivity contribution in [3.05, 3.63) is 83.3 Å². The maximum atomic E-state index is 12.8. The van der Waals surface area contributed by atoms with Gasteiger partial charge < -0.3 is 29.7 Å². The standard InChI is InChI=1S/C28H28ClN3O7/c29-21-4-1-3-20(16-21)19-8-6-18(7-9-19)15-22(17-23(33)28(37)38)30-25(34)27(36)32-12-10-31(11-13-32)26(35)24-5-2-14-39-24/h1-9,14,16,22-23,33H,10-13,15,17H2,(H,30,34)(H,37,38). The number of halogens is 1. The Bertz CT molecular complexity index is 1320. The van der Waals surface area contributed by atoms with Crippen LogP contribution in [0.1, 0.15) is 22.5 Å². The summed E-state index contributed by atoms with van der Waals surface area (Å²) in [5, 5.41) is 22.3. The first-order chi connectivity index (χ1) is 18.7. The van der Waals surface area contributed by atoms with Crippen molar-refractivity contribution in [3.63, 3.8) is 0 Å². The van der Waals surface area contributed by atoms with Gasteiger partial charge in [0, 0.05) is 43.7 Å². The average Bonchev–Trinajstić information content (AvgIpc) is 3.48. The molecule has 11 heteroatoms. The Labute approximate surface area is 229 Å². The van der Waals surface area contributed by atoms with Crippen molar-refractivity contribution in [2.24, 2.45) is 0 Å². The van der Waals surface area contributed by atoms with Crippen LogP contribution >= 0.6 is 11.6 Å². The van der Waals surface area contributed by atoms with Crippen LogP contribution in [-0.2, 0) is 20.8 Å². The third-order valence-electron chi connectivity index (χ3n) is 6.50. The molecule has 4 rings (SSSR count). The first-order valence-corrected chi connectivity index (χ1v) is 12.8. The van der Waals surface area contributed by atoms with E-state index in [4.69, 9.17) is 16.0 Å². The monoisotopic (exact) mass is 553 g/mol. The van der Waals surface area contributed by atoms with Crippen LogP contribution in [0.25, 0.3) is 11.1 Å². The lowest BCUT2D eigenvalue weighted by molar-refractivity contribution is -0.149. The van der Waals surface area contributed by atoms with Gasteiger partial charge in [-0.25, -0.2) is 4.79 Å². The van der Waals surface area contributed by atoms with E-state index in [1.165, 1.54) is 11.2 Å². The Hall–Kier alpha value is -4.15. The van der Waals surface area contributed by atoms with E-state index in [0.29, 0.717) is 5.02 Å². The van der Waals surface area contributed by atoms with Gasteiger partial charge in [0.05, 0.1) is 6.26 Å². The molecule has 10 nitrogen and oxygen atoms in total. The van der Waals surface area contributed by atoms with Crippen molar-refractivity contribution in [1.29, 1.82) is 0 Å². The third-order valence-corrected chi connectivity index (χ3v) is 6.74. The molecule has 1 fully saturated rings. The Balaban J connectivity index is 1.37. The number of aliphatic carboxylic acids is 1. The van der Waals surface area contributed by atoms with E-state index >= 15 is 0 Å². The van der Waals surface area contributed by atoms with Gasteiger partial charge in [-0.05, 0) is 47.4 Å². The lowest BCUT2D eigenvalue weighted by atomic mass is 9.97. The summed E-state index contributed by atoms with van der Waals surface area (Å²) in [6.45, 7) is 0.787. The summed E-state index contributed by atoms with van der Waals surface area (Å²) in [7, 11) is 0. The zero-order valence-electron chi connectivity index (χ0n) is 21.0. The quantitative estimate of drug-likeness (QED) is 0.364. The molecule has 204 valence electrons. The molecule has 3 N–H and O–H groups in total. The first-order valence-electron chi connectivity index (χ1n) is 12.4. The second-order valence-electron chi connectivity index (χ2n) is 9.23. The number of furan rings is 1. The SMILES string of the molecule is O=C(NC(Cc1ccc(-c2cccc(Cl)c2)cc1)CC(O)C(=O)O)C(=O)N1CCN(C(=O)c2ccco2)CC1. The Morgan fingerprint density at radius 2 is 1.62 bits per heavy atom. The summed E-state index contributed by atoms with van der Waals surface area (Å²) in [5.74, 6) is -3.20. The molecule has 1 saturated heterocycles. The lowest BCUT2D eigenvalue weighted by Gasteiger charge is -2.34. The molecule has 0 bridgehead atoms. The van der Waals surface area contributed by atoms with Crippen LogP contribution in [0.15, 0.2) is 71.3 Å². The number of carboxylic acids is 1. The maximum Gasteiger partial charge on any atom is 0.332 e. The van der Waals surface area contributed by atoms with Gasteiger partial charge in [0.1, 0.15) is 0 Å². The molecule has 3 amide bonds. The van der Waals surface area contributed by atoms with E-state index in [0.717, 1.165) is 16.7 Å². The molecule has 0 saturated carbocycles. The average molecular weight is 554 g/mol. The zero-order valence-corrected chi connectivity index (χ0v) is 21.7. The molecule has 0 spiro atoms. The number of carboxylic acid groups (broad SMARTS) is 1. The number of carbonyl (C=O) groups is 4. The van der Waals surface area contributed by atoms with Crippen molar-refractivity contribution in [1.82, 2.24) is 15.1 Å². The second kappa shape index (κ2) is 12.6. The highest BCUT2D eigenvalue weighted by atomic mass is 35.5. The van der Waals surface area contributed by atoms with E-state index in [9.17, 15) is 29.4 Å². The lowest BCUT2D eigenvalue weighted by Crippen LogP contribution is -2.55. The van der Waals surface area contributed by atoms with E-state index in [2.05, 4.69) is 5.32 Å². The van der Waals surface area contributed by atoms with Crippen molar-refractivity contribution in [2.75, 3.05) is 26.2 Å². The van der Waals surface area contributed by atoms with Crippen LogP contribution in [0.5, 0.6) is 0 Å². The number of piperazine rings is 1. The number of carbonyl (C=O) groups excluding carboxylic acids is 3. The van der Waals surface area contributed by atoms with Crippen LogP contribution in [0.4, 0.5) is 0 Å². The smallest absolute Gasteiger partial charge is 0.332 e. The van der Waals surface area contributed by atoms with Crippen molar-refractivity contribution in [2.45, 2.75) is 25.0 Å². The minimum absolute atomic E-state index is 0.159. The maximum absolute atomic E-state index is 12.8. The number of aliphatic hydroxyl groups is 1. The Morgan fingerprint density at radius 1 is 0.923 bits per heavy atom. The number of nitrogens with one attached hydrogen (secondary N) is 1. The largest absolute Gasteiger partial charge is 0.479 e. The molecular formula is C28H28ClN3O7. The van der Waals surface area contributed by atoms with Gasteiger partial charge >= 0.3 is 17.8 Å². The highest BCUT2D eigenvalue weighted by Crippen LogP contribution is 2.23. The van der Waals surface area contributed by atoms with Gasteiger partial charge in [-0.15, -0.1) is 0 Å². The molecule has 0 aliphatic carbocycles. The molecule has 2 heterocycles. The highest BCUT2D eigenvalue weighted by molar-refractivity contribution is 6.35. The number of benzene rings is 2. The van der Waals surface area contributed by atoms with Crippen LogP contribution in [0.2, 0.25) is 5.02 Å². The highest BCUT2D eigenvalue weighted by Gasteiger charge is 2.31. The minimum atomic E-state index is -1.72. The second-order valence-corrected chi connectivity index (χ2v) is 9.67. The van der Waals surface area contributed by atoms with Crippen LogP contribution in [0, 0.1) is 0 Å². The predicted octanol–water partition coefficient (Wildman–Crippen LogP) is 2.45. The molecule has 0 radical (unpaired) electrons. The summed E-state index contributed by atoms with van der Waals surface area (Å²) < 4.78 is 5.13. The summed E-state index contributed by atoms with van der Waals surface area (Å²) >= 11 is 6.08. The number of aliphatic hydroxyl groups excluding tert-OH is 1. The fourth-order valence-corrected chi connectivity index (χ4v) is 4.60. The van der Waals surface area contributed by atoms with Crippen molar-refractivity contribution >= 4 is 35.3 Å². The first kappa shape index (κ1) is 27.9. The van der Waals surface area contributed by atoms with Gasteiger partial charge in [-0.2, -0.15) is 0 Å². The van der Waals surface area contributed by atoms with Gasteiger partial charge in [0.2, 0.25) is 0 Å². The summed E-state index contributed by atoms with van der Waals surface area (Å²) in [6, 6.07) is 17.2. The van der Waals surface area contributed by atoms with E-state index in [1.807, 2.05) is 42.5 Å². The molecule has 2 unspecified atom stereocenters. The molecule has 3 aromatic rings. The molecule has 2 atom stereocenters. The summed E-state index contributed by atoms with van der Waals surface area (Å²) in [6.07, 6.45) is -0.393. The number of hydrogen-bond donors (Lipinski definition) is 3. The Kier molecular flexibility index (Phi) is 9.00. The van der Waals surface area contributed by atoms with Gasteiger partial charge in [0.15, 0.2) is 11.9 Å². The summed E-state index contributed by atoms with van der Waals surface area (Å²) in [4.78, 5) is 52.3. The van der Waals surface area contributed by atoms with E-state index in [-0.39, 0.29) is 50.7 Å². The molecule has 1 aliphatic heterocycles. The van der Waals surface area contributed by atoms with Gasteiger partial charge in [-0.1, -0.05) is 48.0 Å². The fourth-order valence-electron chi connectivity index (χ4n) is 4.41. The van der Waals surface area contributed by atoms with Gasteiger partial charge in [-0.3, -0.25) is 14.4 Å². The number of amides is 3. The number of nitrogens with zero attached hydrogens (tertiary/aromatic N) is 2. The van der Waals surface area contributed by atoms with Crippen LogP contribution in [-0.4, -0.2) is 82.0 Å². The fraction of sp³-hybridized carbons (Fsp3) is 0.286. The van der Waals surface area contributed by atoms with Crippen LogP contribution in [0.3, 0.4) is 0 Å². The van der Waals surface area contributed by atoms with E-state index in [1.54, 1.807) is 23.1 Å². The third kappa shape index (κ3) is 7.24. The van der Waals surface area contributed by atoms with E-state index < -0.39 is 29.9 Å². The normalized spacial score (nSPS) is 14.9. The molecular weight excluding hydrogens is 526 g/mol. The molecule has 2 aromatic carbocycles. The Morgan fingerprint density at radius 3 is 2.23 bits per heavy atom. The molecule has 1 aromatic heterocycles. The summed E-state index contributed by atoms with van der Waals surface area (Å²) in [5.41, 5.74) is 2.63. The number of rotatable bonds is 8. The van der Waals surface area contributed by atoms with Crippen LogP contribution < -0.4 is 5.32 Å². The predicted molar refractivity (Wildman–Crippen MR) is 142 cm³/mol. The minimum Gasteiger partial charge on any atom is -0.479 e. The topological polar surface area (TPSA) is 140 Å². The van der Waals surface area contributed by atoms with Gasteiger partial charge in [0.25, 0.3) is 5.91 Å². The zero-order chi connectivity index (χ0) is 27.9. The van der Waals surface area contributed by atoms with Crippen molar-refractivity contribution < 1.29 is 33.8 Å². The molecule has 1 aliphatic rings.